The van der Waals surface area contributed by atoms with Crippen LogP contribution in [-0.4, -0.2) is 11.2 Å². The number of allylic oxidation sites excluding steroid dienone is 1. The van der Waals surface area contributed by atoms with Crippen LogP contribution in [0.5, 0.6) is 0 Å². The van der Waals surface area contributed by atoms with Gasteiger partial charge >= 0.3 is 0 Å². The number of aliphatic hydroxyl groups is 1. The molecule has 0 saturated heterocycles. The van der Waals surface area contributed by atoms with Crippen molar-refractivity contribution in [3.8, 4) is 0 Å². The predicted molar refractivity (Wildman–Crippen MR) is 63.6 cm³/mol. The van der Waals surface area contributed by atoms with Crippen molar-refractivity contribution in [2.24, 2.45) is 17.8 Å². The van der Waals surface area contributed by atoms with Crippen LogP contribution >= 0.6 is 0 Å². The molecule has 1 N–H and O–H groups in total. The monoisotopic (exact) mass is 208 g/mol. The van der Waals surface area contributed by atoms with Gasteiger partial charge in [-0.3, -0.25) is 0 Å². The molecule has 2 saturated carbocycles. The van der Waals surface area contributed by atoms with Gasteiger partial charge in [-0.1, -0.05) is 18.9 Å². The molecule has 1 nitrogen and oxygen atoms in total. The van der Waals surface area contributed by atoms with Crippen LogP contribution in [0, 0.1) is 17.8 Å². The molecule has 0 heterocycles. The summed E-state index contributed by atoms with van der Waals surface area (Å²) >= 11 is 0. The molecule has 0 aliphatic heterocycles. The number of hydrogen-bond donors (Lipinski definition) is 1. The maximum atomic E-state index is 10.0. The highest BCUT2D eigenvalue weighted by atomic mass is 16.3. The van der Waals surface area contributed by atoms with Gasteiger partial charge in [0.05, 0.1) is 6.10 Å². The van der Waals surface area contributed by atoms with Crippen LogP contribution in [0.4, 0.5) is 0 Å². The highest BCUT2D eigenvalue weighted by molar-refractivity contribution is 4.97. The minimum atomic E-state index is 0.00142. The molecule has 0 aromatic heterocycles. The van der Waals surface area contributed by atoms with Gasteiger partial charge < -0.3 is 5.11 Å². The van der Waals surface area contributed by atoms with Crippen LogP contribution in [0.1, 0.15) is 51.4 Å². The van der Waals surface area contributed by atoms with E-state index in [4.69, 9.17) is 0 Å². The van der Waals surface area contributed by atoms with Gasteiger partial charge in [0.25, 0.3) is 0 Å². The van der Waals surface area contributed by atoms with E-state index in [0.29, 0.717) is 5.92 Å². The van der Waals surface area contributed by atoms with Gasteiger partial charge in [-0.25, -0.2) is 0 Å². The molecule has 3 atom stereocenters. The summed E-state index contributed by atoms with van der Waals surface area (Å²) < 4.78 is 0. The average molecular weight is 208 g/mol. The Bertz CT molecular complexity index is 201. The summed E-state index contributed by atoms with van der Waals surface area (Å²) in [5, 5.41) is 10.0. The molecule has 15 heavy (non-hydrogen) atoms. The molecule has 0 radical (unpaired) electrons. The number of aliphatic hydroxyl groups excluding tert-OH is 1. The van der Waals surface area contributed by atoms with Crippen molar-refractivity contribution in [1.82, 2.24) is 0 Å². The SMILES string of the molecule is C=CCCCCCC(O)C1CC2CC2C1. The van der Waals surface area contributed by atoms with E-state index in [1.54, 1.807) is 0 Å². The lowest BCUT2D eigenvalue weighted by molar-refractivity contribution is 0.0925. The molecule has 2 aliphatic carbocycles. The first kappa shape index (κ1) is 11.2. The number of hydrogen-bond acceptors (Lipinski definition) is 1. The first-order valence-electron chi connectivity index (χ1n) is 6.60. The van der Waals surface area contributed by atoms with E-state index in [2.05, 4.69) is 6.58 Å². The zero-order valence-electron chi connectivity index (χ0n) is 9.70. The van der Waals surface area contributed by atoms with Crippen molar-refractivity contribution in [2.45, 2.75) is 57.5 Å². The number of fused-ring (bicyclic) bond motifs is 1. The first-order chi connectivity index (χ1) is 7.31. The lowest BCUT2D eigenvalue weighted by Gasteiger charge is -2.19. The fourth-order valence-corrected chi connectivity index (χ4v) is 3.13. The second kappa shape index (κ2) is 5.16. The summed E-state index contributed by atoms with van der Waals surface area (Å²) in [7, 11) is 0. The fourth-order valence-electron chi connectivity index (χ4n) is 3.13. The van der Waals surface area contributed by atoms with Gasteiger partial charge in [0.2, 0.25) is 0 Å². The molecule has 1 heteroatoms. The third kappa shape index (κ3) is 3.07. The predicted octanol–water partition coefficient (Wildman–Crippen LogP) is 3.53. The second-order valence-corrected chi connectivity index (χ2v) is 5.48. The van der Waals surface area contributed by atoms with Crippen LogP contribution in [-0.2, 0) is 0 Å². The standard InChI is InChI=1S/C14H24O/c1-2-3-4-5-6-7-14(15)13-9-11-8-12(11)10-13/h2,11-15H,1,3-10H2. The molecule has 0 aromatic rings. The van der Waals surface area contributed by atoms with Gasteiger partial charge in [0, 0.05) is 0 Å². The van der Waals surface area contributed by atoms with E-state index in [-0.39, 0.29) is 6.10 Å². The van der Waals surface area contributed by atoms with E-state index in [1.165, 1.54) is 38.5 Å². The third-order valence-corrected chi connectivity index (χ3v) is 4.23. The normalized spacial score (nSPS) is 34.9. The molecule has 0 amide bonds. The van der Waals surface area contributed by atoms with Crippen molar-refractivity contribution in [3.05, 3.63) is 12.7 Å². The second-order valence-electron chi connectivity index (χ2n) is 5.48. The van der Waals surface area contributed by atoms with E-state index in [9.17, 15) is 5.11 Å². The van der Waals surface area contributed by atoms with Crippen molar-refractivity contribution in [3.63, 3.8) is 0 Å². The average Bonchev–Trinajstić information content (AvgIpc) is 2.85. The Morgan fingerprint density at radius 1 is 1.13 bits per heavy atom. The van der Waals surface area contributed by atoms with Gasteiger partial charge in [-0.15, -0.1) is 6.58 Å². The van der Waals surface area contributed by atoms with Crippen LogP contribution in [0.25, 0.3) is 0 Å². The Kier molecular flexibility index (Phi) is 3.85. The summed E-state index contributed by atoms with van der Waals surface area (Å²) in [5.41, 5.74) is 0. The largest absolute Gasteiger partial charge is 0.393 e. The quantitative estimate of drug-likeness (QED) is 0.501. The Balaban J connectivity index is 1.52. The molecule has 86 valence electrons. The number of rotatable bonds is 7. The zero-order chi connectivity index (χ0) is 10.7. The smallest absolute Gasteiger partial charge is 0.0568 e. The van der Waals surface area contributed by atoms with Crippen LogP contribution in [0.15, 0.2) is 12.7 Å². The van der Waals surface area contributed by atoms with E-state index in [1.807, 2.05) is 6.08 Å². The summed E-state index contributed by atoms with van der Waals surface area (Å²) in [5.74, 6) is 2.66. The molecule has 0 spiro atoms. The highest BCUT2D eigenvalue weighted by Crippen LogP contribution is 2.55. The van der Waals surface area contributed by atoms with Crippen LogP contribution in [0.3, 0.4) is 0 Å². The Labute approximate surface area is 93.6 Å². The van der Waals surface area contributed by atoms with Crippen molar-refractivity contribution >= 4 is 0 Å². The Morgan fingerprint density at radius 3 is 2.53 bits per heavy atom. The van der Waals surface area contributed by atoms with E-state index >= 15 is 0 Å². The summed E-state index contributed by atoms with van der Waals surface area (Å²) in [6, 6.07) is 0. The molecular formula is C14H24O. The van der Waals surface area contributed by atoms with Crippen molar-refractivity contribution in [1.29, 1.82) is 0 Å². The molecule has 2 fully saturated rings. The van der Waals surface area contributed by atoms with Gasteiger partial charge in [-0.05, 0) is 56.3 Å². The molecule has 2 aliphatic rings. The molecule has 2 rings (SSSR count). The topological polar surface area (TPSA) is 20.2 Å². The first-order valence-corrected chi connectivity index (χ1v) is 6.60. The van der Waals surface area contributed by atoms with Crippen molar-refractivity contribution < 1.29 is 5.11 Å². The highest BCUT2D eigenvalue weighted by Gasteiger charge is 2.47. The van der Waals surface area contributed by atoms with Gasteiger partial charge in [-0.2, -0.15) is 0 Å². The van der Waals surface area contributed by atoms with E-state index < -0.39 is 0 Å². The molecule has 0 bridgehead atoms. The Hall–Kier alpha value is -0.300. The lowest BCUT2D eigenvalue weighted by atomic mass is 9.93. The van der Waals surface area contributed by atoms with Gasteiger partial charge in [0.15, 0.2) is 0 Å². The zero-order valence-corrected chi connectivity index (χ0v) is 9.70. The minimum Gasteiger partial charge on any atom is -0.393 e. The maximum absolute atomic E-state index is 10.0. The Morgan fingerprint density at radius 2 is 1.87 bits per heavy atom. The van der Waals surface area contributed by atoms with Crippen molar-refractivity contribution in [2.75, 3.05) is 0 Å². The third-order valence-electron chi connectivity index (χ3n) is 4.23. The lowest BCUT2D eigenvalue weighted by Crippen LogP contribution is -2.18. The summed E-state index contributed by atoms with van der Waals surface area (Å²) in [6.07, 6.45) is 11.9. The molecule has 0 aromatic carbocycles. The number of unbranched alkanes of at least 4 members (excludes halogenated alkanes) is 3. The van der Waals surface area contributed by atoms with Gasteiger partial charge in [0.1, 0.15) is 0 Å². The van der Waals surface area contributed by atoms with E-state index in [0.717, 1.165) is 24.7 Å². The molecule has 3 unspecified atom stereocenters. The summed E-state index contributed by atoms with van der Waals surface area (Å²) in [4.78, 5) is 0. The minimum absolute atomic E-state index is 0.00142. The fraction of sp³-hybridized carbons (Fsp3) is 0.857. The molecular weight excluding hydrogens is 184 g/mol. The van der Waals surface area contributed by atoms with Crippen LogP contribution in [0.2, 0.25) is 0 Å². The maximum Gasteiger partial charge on any atom is 0.0568 e. The summed E-state index contributed by atoms with van der Waals surface area (Å²) in [6.45, 7) is 3.72. The van der Waals surface area contributed by atoms with Crippen LogP contribution < -0.4 is 0 Å².